The zero-order valence-electron chi connectivity index (χ0n) is 19.9. The number of piperidine rings is 1. The number of aromatic nitrogens is 5. The van der Waals surface area contributed by atoms with Gasteiger partial charge in [0.1, 0.15) is 11.1 Å². The molecule has 2 bridgehead atoms. The molecular formula is C26H24FN7OS. The van der Waals surface area contributed by atoms with Crippen molar-refractivity contribution < 1.29 is 9.18 Å². The minimum Gasteiger partial charge on any atom is -0.337 e. The lowest BCUT2D eigenvalue weighted by atomic mass is 9.97. The van der Waals surface area contributed by atoms with E-state index in [2.05, 4.69) is 32.7 Å². The Morgan fingerprint density at radius 1 is 1.19 bits per heavy atom. The van der Waals surface area contributed by atoms with Crippen molar-refractivity contribution in [2.75, 3.05) is 0 Å². The van der Waals surface area contributed by atoms with Gasteiger partial charge in [0.05, 0.1) is 29.5 Å². The molecule has 2 unspecified atom stereocenters. The molecule has 2 fully saturated rings. The van der Waals surface area contributed by atoms with Crippen molar-refractivity contribution in [2.45, 2.75) is 67.6 Å². The number of nitrogens with zero attached hydrogens (tertiary/aromatic N) is 7. The van der Waals surface area contributed by atoms with Crippen LogP contribution in [0.25, 0.3) is 16.6 Å². The molecule has 4 aromatic rings. The van der Waals surface area contributed by atoms with E-state index in [1.54, 1.807) is 23.7 Å². The van der Waals surface area contributed by atoms with Crippen molar-refractivity contribution in [3.8, 4) is 17.2 Å². The number of pyridine rings is 2. The van der Waals surface area contributed by atoms with Crippen LogP contribution in [0.2, 0.25) is 0 Å². The number of halogens is 1. The molecule has 4 aromatic heterocycles. The number of rotatable bonds is 4. The predicted octanol–water partition coefficient (Wildman–Crippen LogP) is 4.78. The molecule has 10 heteroatoms. The topological polar surface area (TPSA) is 92.1 Å². The van der Waals surface area contributed by atoms with E-state index in [4.69, 9.17) is 5.10 Å². The van der Waals surface area contributed by atoms with Crippen LogP contribution in [-0.2, 0) is 4.79 Å². The van der Waals surface area contributed by atoms with E-state index in [1.807, 2.05) is 18.5 Å². The predicted molar refractivity (Wildman–Crippen MR) is 132 cm³/mol. The monoisotopic (exact) mass is 501 g/mol. The van der Waals surface area contributed by atoms with Crippen LogP contribution < -0.4 is 0 Å². The highest BCUT2D eigenvalue weighted by atomic mass is 32.2. The van der Waals surface area contributed by atoms with Crippen molar-refractivity contribution in [2.24, 2.45) is 0 Å². The molecule has 0 saturated carbocycles. The van der Waals surface area contributed by atoms with E-state index < -0.39 is 5.82 Å². The fourth-order valence-electron chi connectivity index (χ4n) is 5.88. The largest absolute Gasteiger partial charge is 0.337 e. The molecular weight excluding hydrogens is 477 g/mol. The molecule has 2 aliphatic heterocycles. The lowest BCUT2D eigenvalue weighted by Crippen LogP contribution is -2.46. The number of nitriles is 1. The third kappa shape index (κ3) is 3.66. The van der Waals surface area contributed by atoms with Gasteiger partial charge >= 0.3 is 0 Å². The Balaban J connectivity index is 1.38. The van der Waals surface area contributed by atoms with E-state index >= 15 is 0 Å². The molecule has 1 amide bonds. The lowest BCUT2D eigenvalue weighted by Gasteiger charge is -2.38. The molecule has 0 spiro atoms. The van der Waals surface area contributed by atoms with Gasteiger partial charge < -0.3 is 4.90 Å². The van der Waals surface area contributed by atoms with Crippen molar-refractivity contribution >= 4 is 23.2 Å². The molecule has 36 heavy (non-hydrogen) atoms. The van der Waals surface area contributed by atoms with Crippen LogP contribution in [0.15, 0.2) is 52.9 Å². The molecule has 8 nitrogen and oxygen atoms in total. The maximum Gasteiger partial charge on any atom is 0.219 e. The van der Waals surface area contributed by atoms with Crippen molar-refractivity contribution in [1.82, 2.24) is 29.3 Å². The quantitative estimate of drug-likeness (QED) is 0.400. The highest BCUT2D eigenvalue weighted by Crippen LogP contribution is 2.42. The zero-order chi connectivity index (χ0) is 25.0. The second-order valence-electron chi connectivity index (χ2n) is 9.47. The van der Waals surface area contributed by atoms with E-state index in [1.165, 1.54) is 24.0 Å². The van der Waals surface area contributed by atoms with E-state index in [0.29, 0.717) is 16.0 Å². The number of amides is 1. The summed E-state index contributed by atoms with van der Waals surface area (Å²) >= 11 is 1.18. The molecule has 2 saturated heterocycles. The van der Waals surface area contributed by atoms with Crippen LogP contribution in [0.5, 0.6) is 0 Å². The Hall–Kier alpha value is -3.71. The summed E-state index contributed by atoms with van der Waals surface area (Å²) in [6.07, 6.45) is 10.7. The first-order chi connectivity index (χ1) is 17.4. The highest BCUT2D eigenvalue weighted by Gasteiger charge is 2.43. The molecule has 0 aromatic carbocycles. The Kier molecular flexibility index (Phi) is 5.52. The molecule has 182 valence electrons. The Labute approximate surface area is 211 Å². The molecule has 0 aliphatic carbocycles. The van der Waals surface area contributed by atoms with Gasteiger partial charge in [0.25, 0.3) is 0 Å². The van der Waals surface area contributed by atoms with Gasteiger partial charge in [-0.05, 0) is 50.8 Å². The Morgan fingerprint density at radius 2 is 1.97 bits per heavy atom. The molecule has 2 aliphatic rings. The first-order valence-electron chi connectivity index (χ1n) is 12.0. The Morgan fingerprint density at radius 3 is 2.67 bits per heavy atom. The van der Waals surface area contributed by atoms with Gasteiger partial charge in [0, 0.05) is 53.1 Å². The first-order valence-corrected chi connectivity index (χ1v) is 12.8. The van der Waals surface area contributed by atoms with Gasteiger partial charge in [-0.25, -0.2) is 13.9 Å². The van der Waals surface area contributed by atoms with Crippen LogP contribution in [0, 0.1) is 24.1 Å². The van der Waals surface area contributed by atoms with Gasteiger partial charge in [-0.2, -0.15) is 15.5 Å². The maximum absolute atomic E-state index is 14.4. The molecule has 2 atom stereocenters. The summed E-state index contributed by atoms with van der Waals surface area (Å²) in [5.74, 6) is -0.253. The van der Waals surface area contributed by atoms with E-state index in [-0.39, 0.29) is 29.1 Å². The summed E-state index contributed by atoms with van der Waals surface area (Å²) in [4.78, 5) is 19.1. The lowest BCUT2D eigenvalue weighted by molar-refractivity contribution is -0.133. The van der Waals surface area contributed by atoms with Gasteiger partial charge in [-0.1, -0.05) is 11.8 Å². The van der Waals surface area contributed by atoms with Crippen LogP contribution in [0.3, 0.4) is 0 Å². The fraction of sp³-hybridized carbons (Fsp3) is 0.346. The third-order valence-electron chi connectivity index (χ3n) is 7.40. The number of hydrogen-bond acceptors (Lipinski definition) is 6. The van der Waals surface area contributed by atoms with E-state index in [0.717, 1.165) is 42.5 Å². The van der Waals surface area contributed by atoms with Crippen LogP contribution in [-0.4, -0.2) is 47.3 Å². The minimum atomic E-state index is -0.417. The number of carbonyl (C=O) groups excluding carboxylic acids is 1. The smallest absolute Gasteiger partial charge is 0.219 e. The highest BCUT2D eigenvalue weighted by molar-refractivity contribution is 7.99. The minimum absolute atomic E-state index is 0.164. The van der Waals surface area contributed by atoms with Crippen molar-refractivity contribution in [3.63, 3.8) is 0 Å². The summed E-state index contributed by atoms with van der Waals surface area (Å²) < 4.78 is 18.2. The first kappa shape index (κ1) is 22.7. The normalized spacial score (nSPS) is 21.2. The molecule has 6 rings (SSSR count). The average Bonchev–Trinajstić information content (AvgIpc) is 3.53. The fourth-order valence-corrected chi connectivity index (χ4v) is 6.85. The molecule has 0 N–H and O–H groups in total. The standard InChI is InChI=1S/C26H24FN7OS/c1-15-22(13-31-34(15)21-9-19-5-6-20(10-21)33(19)16(2)35)17-8-24(36-26-23(27)4-3-7-29-26)25-18(11-28)12-30-32(25)14-17/h3-4,7-8,12-14,19-21H,5-6,9-10H2,1-2H3. The zero-order valence-corrected chi connectivity index (χ0v) is 20.7. The molecule has 6 heterocycles. The number of fused-ring (bicyclic) bond motifs is 3. The number of hydrogen-bond donors (Lipinski definition) is 0. The summed E-state index contributed by atoms with van der Waals surface area (Å²) in [5, 5.41) is 19.0. The summed E-state index contributed by atoms with van der Waals surface area (Å²) in [7, 11) is 0. The average molecular weight is 502 g/mol. The second kappa shape index (κ2) is 8.75. The van der Waals surface area contributed by atoms with Gasteiger partial charge in [0.2, 0.25) is 5.91 Å². The summed E-state index contributed by atoms with van der Waals surface area (Å²) in [6, 6.07) is 7.85. The van der Waals surface area contributed by atoms with Crippen molar-refractivity contribution in [3.05, 3.63) is 60.1 Å². The second-order valence-corrected chi connectivity index (χ2v) is 10.5. The summed E-state index contributed by atoms with van der Waals surface area (Å²) in [5.41, 5.74) is 3.90. The van der Waals surface area contributed by atoms with Crippen LogP contribution in [0.4, 0.5) is 4.39 Å². The van der Waals surface area contributed by atoms with Crippen LogP contribution in [0.1, 0.15) is 49.9 Å². The van der Waals surface area contributed by atoms with Gasteiger partial charge in [-0.3, -0.25) is 9.48 Å². The SMILES string of the molecule is CC(=O)N1C2CCC1CC(n1ncc(-c3cc(Sc4ncccc4F)c4c(C#N)cnn4c3)c1C)C2. The number of carbonyl (C=O) groups is 1. The molecule has 0 radical (unpaired) electrons. The van der Waals surface area contributed by atoms with Crippen molar-refractivity contribution in [1.29, 1.82) is 5.26 Å². The summed E-state index contributed by atoms with van der Waals surface area (Å²) in [6.45, 7) is 3.72. The Bertz CT molecular complexity index is 1520. The van der Waals surface area contributed by atoms with Gasteiger partial charge in [0.15, 0.2) is 5.82 Å². The third-order valence-corrected chi connectivity index (χ3v) is 8.43. The van der Waals surface area contributed by atoms with E-state index in [9.17, 15) is 14.4 Å². The maximum atomic E-state index is 14.4. The van der Waals surface area contributed by atoms with Crippen LogP contribution >= 0.6 is 11.8 Å². The van der Waals surface area contributed by atoms with Gasteiger partial charge in [-0.15, -0.1) is 0 Å².